The average molecular weight is 242 g/mol. The minimum Gasteiger partial charge on any atom is -0.378 e. The van der Waals surface area contributed by atoms with Crippen LogP contribution in [0.3, 0.4) is 0 Å². The second kappa shape index (κ2) is 6.36. The van der Waals surface area contributed by atoms with E-state index in [9.17, 15) is 4.79 Å². The van der Waals surface area contributed by atoms with E-state index in [-0.39, 0.29) is 5.91 Å². The predicted molar refractivity (Wildman–Crippen MR) is 68.6 cm³/mol. The van der Waals surface area contributed by atoms with Crippen LogP contribution in [0, 0.1) is 5.92 Å². The summed E-state index contributed by atoms with van der Waals surface area (Å²) < 4.78 is 5.60. The lowest BCUT2D eigenvalue weighted by Gasteiger charge is -2.25. The summed E-state index contributed by atoms with van der Waals surface area (Å²) in [6.07, 6.45) is 3.98. The molecule has 0 aromatic carbocycles. The van der Waals surface area contributed by atoms with Gasteiger partial charge in [0.2, 0.25) is 5.91 Å². The van der Waals surface area contributed by atoms with Crippen LogP contribution in [0.15, 0.2) is 0 Å². The van der Waals surface area contributed by atoms with Crippen molar-refractivity contribution < 1.29 is 9.53 Å². The lowest BCUT2D eigenvalue weighted by molar-refractivity contribution is -0.126. The average Bonchev–Trinajstić information content (AvgIpc) is 2.72. The normalized spacial score (nSPS) is 27.8. The van der Waals surface area contributed by atoms with Crippen molar-refractivity contribution in [2.45, 2.75) is 58.1 Å². The zero-order chi connectivity index (χ0) is 12.9. The van der Waals surface area contributed by atoms with Crippen molar-refractivity contribution in [3.8, 4) is 0 Å². The number of ether oxygens (including phenoxy) is 1. The molecule has 3 atom stereocenters. The fraction of sp³-hybridized carbons (Fsp3) is 0.923. The molecule has 0 aromatic rings. The largest absolute Gasteiger partial charge is 0.378 e. The van der Waals surface area contributed by atoms with Crippen LogP contribution < -0.4 is 11.1 Å². The first-order valence-corrected chi connectivity index (χ1v) is 6.70. The van der Waals surface area contributed by atoms with Crippen molar-refractivity contribution in [2.24, 2.45) is 11.7 Å². The van der Waals surface area contributed by atoms with E-state index in [4.69, 9.17) is 10.5 Å². The number of carbonyl (C=O) groups excluding carboxylic acids is 1. The minimum atomic E-state index is -0.740. The Kier molecular flexibility index (Phi) is 5.40. The van der Waals surface area contributed by atoms with Gasteiger partial charge >= 0.3 is 0 Å². The van der Waals surface area contributed by atoms with Crippen LogP contribution in [0.4, 0.5) is 0 Å². The van der Waals surface area contributed by atoms with Gasteiger partial charge in [-0.25, -0.2) is 0 Å². The molecule has 3 unspecified atom stereocenters. The Hall–Kier alpha value is -0.610. The molecule has 0 aliphatic carbocycles. The summed E-state index contributed by atoms with van der Waals surface area (Å²) in [4.78, 5) is 11.9. The van der Waals surface area contributed by atoms with Crippen molar-refractivity contribution in [1.82, 2.24) is 5.32 Å². The van der Waals surface area contributed by atoms with Gasteiger partial charge < -0.3 is 15.8 Å². The fourth-order valence-electron chi connectivity index (χ4n) is 2.44. The first kappa shape index (κ1) is 14.5. The number of amides is 1. The molecule has 3 N–H and O–H groups in total. The topological polar surface area (TPSA) is 64.4 Å². The molecule has 0 radical (unpaired) electrons. The predicted octanol–water partition coefficient (Wildman–Crippen LogP) is 1.44. The quantitative estimate of drug-likeness (QED) is 0.740. The lowest BCUT2D eigenvalue weighted by Crippen LogP contribution is -2.52. The number of rotatable bonds is 6. The summed E-state index contributed by atoms with van der Waals surface area (Å²) in [5.41, 5.74) is 5.24. The van der Waals surface area contributed by atoms with Crippen LogP contribution >= 0.6 is 0 Å². The van der Waals surface area contributed by atoms with Crippen LogP contribution in [-0.4, -0.2) is 30.7 Å². The Morgan fingerprint density at radius 2 is 2.24 bits per heavy atom. The van der Waals surface area contributed by atoms with Crippen LogP contribution in [0.5, 0.6) is 0 Å². The van der Waals surface area contributed by atoms with Gasteiger partial charge in [0.05, 0.1) is 11.6 Å². The molecule has 1 heterocycles. The zero-order valence-electron chi connectivity index (χ0n) is 11.3. The lowest BCUT2D eigenvalue weighted by atomic mass is 9.95. The van der Waals surface area contributed by atoms with Gasteiger partial charge in [-0.1, -0.05) is 20.3 Å². The molecule has 0 aromatic heterocycles. The third-order valence-electron chi connectivity index (χ3n) is 3.56. The number of nitrogens with two attached hydrogens (primary N) is 1. The van der Waals surface area contributed by atoms with Gasteiger partial charge in [0, 0.05) is 19.1 Å². The Bertz CT molecular complexity index is 254. The molecule has 1 rings (SSSR count). The van der Waals surface area contributed by atoms with Crippen molar-refractivity contribution in [2.75, 3.05) is 13.2 Å². The molecule has 17 heavy (non-hydrogen) atoms. The highest BCUT2D eigenvalue weighted by Crippen LogP contribution is 2.22. The van der Waals surface area contributed by atoms with E-state index in [1.165, 1.54) is 0 Å². The fourth-order valence-corrected chi connectivity index (χ4v) is 2.44. The molecular weight excluding hydrogens is 216 g/mol. The van der Waals surface area contributed by atoms with Crippen molar-refractivity contribution in [3.63, 3.8) is 0 Å². The first-order valence-electron chi connectivity index (χ1n) is 6.70. The molecule has 100 valence electrons. The van der Waals surface area contributed by atoms with Gasteiger partial charge in [-0.3, -0.25) is 4.79 Å². The number of nitrogens with one attached hydrogen (secondary N) is 1. The molecule has 1 aliphatic rings. The van der Waals surface area contributed by atoms with E-state index in [2.05, 4.69) is 12.2 Å². The molecule has 1 aliphatic heterocycles. The molecule has 0 saturated carbocycles. The monoisotopic (exact) mass is 242 g/mol. The Morgan fingerprint density at radius 3 is 2.82 bits per heavy atom. The smallest absolute Gasteiger partial charge is 0.239 e. The van der Waals surface area contributed by atoms with Crippen molar-refractivity contribution >= 4 is 5.91 Å². The van der Waals surface area contributed by atoms with Crippen LogP contribution in [0.1, 0.15) is 46.5 Å². The molecule has 4 nitrogen and oxygen atoms in total. The maximum absolute atomic E-state index is 11.9. The second-order valence-electron chi connectivity index (χ2n) is 5.24. The summed E-state index contributed by atoms with van der Waals surface area (Å²) >= 11 is 0. The molecule has 1 fully saturated rings. The molecular formula is C13H26N2O2. The third-order valence-corrected chi connectivity index (χ3v) is 3.56. The highest BCUT2D eigenvalue weighted by Gasteiger charge is 2.30. The highest BCUT2D eigenvalue weighted by atomic mass is 16.5. The highest BCUT2D eigenvalue weighted by molar-refractivity contribution is 5.85. The summed E-state index contributed by atoms with van der Waals surface area (Å²) in [5, 5.41) is 2.97. The van der Waals surface area contributed by atoms with Crippen molar-refractivity contribution in [3.05, 3.63) is 0 Å². The van der Waals surface area contributed by atoms with E-state index >= 15 is 0 Å². The van der Waals surface area contributed by atoms with E-state index in [1.54, 1.807) is 6.92 Å². The van der Waals surface area contributed by atoms with Crippen molar-refractivity contribution in [1.29, 1.82) is 0 Å². The Balaban J connectivity index is 2.37. The van der Waals surface area contributed by atoms with Gasteiger partial charge in [-0.05, 0) is 26.2 Å². The number of hydrogen-bond acceptors (Lipinski definition) is 3. The molecule has 0 bridgehead atoms. The van der Waals surface area contributed by atoms with Crippen LogP contribution in [0.25, 0.3) is 0 Å². The van der Waals surface area contributed by atoms with E-state index in [0.717, 1.165) is 32.3 Å². The third kappa shape index (κ3) is 3.96. The number of carbonyl (C=O) groups is 1. The zero-order valence-corrected chi connectivity index (χ0v) is 11.3. The first-order chi connectivity index (χ1) is 8.01. The van der Waals surface area contributed by atoms with Crippen LogP contribution in [-0.2, 0) is 9.53 Å². The van der Waals surface area contributed by atoms with E-state index in [1.807, 2.05) is 6.92 Å². The summed E-state index contributed by atoms with van der Waals surface area (Å²) in [6, 6.07) is 0. The summed E-state index contributed by atoms with van der Waals surface area (Å²) in [6.45, 7) is 7.46. The second-order valence-corrected chi connectivity index (χ2v) is 5.24. The molecule has 4 heteroatoms. The van der Waals surface area contributed by atoms with Gasteiger partial charge in [0.1, 0.15) is 0 Å². The minimum absolute atomic E-state index is 0.0406. The molecule has 1 saturated heterocycles. The van der Waals surface area contributed by atoms with E-state index in [0.29, 0.717) is 18.6 Å². The Labute approximate surface area is 104 Å². The van der Waals surface area contributed by atoms with Gasteiger partial charge in [-0.2, -0.15) is 0 Å². The standard InChI is InChI=1S/C13H26N2O2/c1-4-7-13(3,14)12(16)15-9-10-6-8-17-11(10)5-2/h10-11H,4-9,14H2,1-3H3,(H,15,16). The maximum Gasteiger partial charge on any atom is 0.239 e. The maximum atomic E-state index is 11.9. The molecule has 1 amide bonds. The summed E-state index contributed by atoms with van der Waals surface area (Å²) in [5.74, 6) is 0.405. The van der Waals surface area contributed by atoms with E-state index < -0.39 is 5.54 Å². The Morgan fingerprint density at radius 1 is 1.53 bits per heavy atom. The summed E-state index contributed by atoms with van der Waals surface area (Å²) in [7, 11) is 0. The van der Waals surface area contributed by atoms with Gasteiger partial charge in [0.25, 0.3) is 0 Å². The van der Waals surface area contributed by atoms with Crippen LogP contribution in [0.2, 0.25) is 0 Å². The number of hydrogen-bond donors (Lipinski definition) is 2. The van der Waals surface area contributed by atoms with Gasteiger partial charge in [-0.15, -0.1) is 0 Å². The SMILES string of the molecule is CCCC(C)(N)C(=O)NCC1CCOC1CC. The molecule has 0 spiro atoms. The van der Waals surface area contributed by atoms with Gasteiger partial charge in [0.15, 0.2) is 0 Å².